The quantitative estimate of drug-likeness (QED) is 0.552. The van der Waals surface area contributed by atoms with Gasteiger partial charge in [-0.2, -0.15) is 0 Å². The van der Waals surface area contributed by atoms with Gasteiger partial charge in [-0.3, -0.25) is 9.59 Å². The van der Waals surface area contributed by atoms with E-state index >= 15 is 0 Å². The molecule has 0 amide bonds. The Morgan fingerprint density at radius 2 is 0.810 bits per heavy atom. The maximum absolute atomic E-state index is 10.1. The zero-order chi connectivity index (χ0) is 13.1. The smallest absolute Gasteiger partial charge is 2.00 e. The van der Waals surface area contributed by atoms with Crippen LogP contribution in [0.5, 0.6) is 0 Å². The van der Waals surface area contributed by atoms with Gasteiger partial charge in [0, 0.05) is 12.8 Å². The van der Waals surface area contributed by atoms with E-state index in [1.807, 2.05) is 0 Å². The van der Waals surface area contributed by atoms with Gasteiger partial charge in [0.15, 0.2) is 0 Å². The van der Waals surface area contributed by atoms with E-state index in [9.17, 15) is 19.2 Å². The zero-order valence-electron chi connectivity index (χ0n) is 12.3. The van der Waals surface area contributed by atoms with E-state index in [1.54, 1.807) is 0 Å². The summed E-state index contributed by atoms with van der Waals surface area (Å²) in [5.41, 5.74) is 0. The minimum Gasteiger partial charge on any atom is -2.00 e. The van der Waals surface area contributed by atoms with Crippen LogP contribution in [-0.4, -0.2) is 33.7 Å². The van der Waals surface area contributed by atoms with Gasteiger partial charge < -0.3 is 30.8 Å². The number of hydrogen-bond acceptors (Lipinski definition) is 4. The average Bonchev–Trinajstić information content (AvgIpc) is 2.12. The minimum absolute atomic E-state index is 0. The van der Waals surface area contributed by atoms with Crippen molar-refractivity contribution < 1.29 is 98.8 Å². The third-order valence-electron chi connectivity index (χ3n) is 1.38. The number of aliphatic carboxylic acids is 2. The predicted molar refractivity (Wildman–Crippen MR) is 56.5 cm³/mol. The van der Waals surface area contributed by atoms with E-state index in [0.29, 0.717) is 0 Å². The molecule has 0 fully saturated rings. The van der Waals surface area contributed by atoms with Crippen LogP contribution in [0, 0.1) is 0 Å². The van der Waals surface area contributed by atoms with Crippen LogP contribution in [0.1, 0.15) is 39.5 Å². The number of carbonyl (C=O) groups excluding carboxylic acids is 2. The first-order valence-electron chi connectivity index (χ1n) is 4.68. The third-order valence-corrected chi connectivity index (χ3v) is 1.38. The molecular weight excluding hydrogens is 444 g/mol. The fraction of sp³-hybridized carbons (Fsp3) is 0.600. The summed E-state index contributed by atoms with van der Waals surface area (Å²) in [4.78, 5) is 39.7. The number of hydrogen-bond donors (Lipinski definition) is 2. The van der Waals surface area contributed by atoms with Crippen molar-refractivity contribution in [3.8, 4) is 0 Å². The monoisotopic (exact) mass is 456 g/mol. The Hall–Kier alpha value is 0.0701. The normalized spacial score (nSPS) is 6.57. The molecule has 0 spiro atoms. The molecule has 8 nitrogen and oxygen atoms in total. The molecule has 0 atom stereocenters. The van der Waals surface area contributed by atoms with Gasteiger partial charge in [0.1, 0.15) is 11.6 Å². The van der Waals surface area contributed by atoms with Crippen LogP contribution >= 0.6 is 0 Å². The Balaban J connectivity index is -0.0000000302. The SMILES string of the molecule is CC(=O)CCC(=O)O.CC(=O)CCC(=O)O.[O-2].[O-2].[Zn+2].[Zn+2].[Zn+2]. The van der Waals surface area contributed by atoms with Crippen LogP contribution in [0.3, 0.4) is 0 Å². The van der Waals surface area contributed by atoms with E-state index < -0.39 is 11.9 Å². The van der Waals surface area contributed by atoms with Gasteiger partial charge >= 0.3 is 70.4 Å². The summed E-state index contributed by atoms with van der Waals surface area (Å²) in [7, 11) is 0. The van der Waals surface area contributed by atoms with E-state index in [-0.39, 0.29) is 107 Å². The summed E-state index contributed by atoms with van der Waals surface area (Å²) in [5.74, 6) is -1.99. The molecule has 0 aromatic carbocycles. The first-order valence-corrected chi connectivity index (χ1v) is 4.68. The molecule has 0 aromatic rings. The molecule has 2 N–H and O–H groups in total. The Bertz CT molecular complexity index is 227. The van der Waals surface area contributed by atoms with Crippen molar-refractivity contribution in [3.05, 3.63) is 0 Å². The van der Waals surface area contributed by atoms with Gasteiger partial charge in [-0.25, -0.2) is 0 Å². The van der Waals surface area contributed by atoms with Crippen molar-refractivity contribution in [2.45, 2.75) is 39.5 Å². The van der Waals surface area contributed by atoms with Gasteiger partial charge in [-0.1, -0.05) is 0 Å². The average molecular weight is 460 g/mol. The molecule has 0 aliphatic rings. The summed E-state index contributed by atoms with van der Waals surface area (Å²) in [5, 5.41) is 16.0. The molecule has 21 heavy (non-hydrogen) atoms. The van der Waals surface area contributed by atoms with Crippen LogP contribution in [-0.2, 0) is 88.6 Å². The third kappa shape index (κ3) is 64.6. The molecule has 108 valence electrons. The standard InChI is InChI=1S/2C5H8O3.2O.3Zn/c2*1-4(6)2-3-5(7)8;;;;;/h2*2-3H2,1H3,(H,7,8);;;;;/q;;2*-2;3*+2. The number of carboxylic acids is 2. The summed E-state index contributed by atoms with van der Waals surface area (Å²) in [6, 6.07) is 0. The molecule has 0 bridgehead atoms. The van der Waals surface area contributed by atoms with Crippen molar-refractivity contribution >= 4 is 23.5 Å². The molecule has 0 aliphatic heterocycles. The summed E-state index contributed by atoms with van der Waals surface area (Å²) in [6.45, 7) is 2.76. The summed E-state index contributed by atoms with van der Waals surface area (Å²) >= 11 is 0. The van der Waals surface area contributed by atoms with Crippen molar-refractivity contribution in [2.75, 3.05) is 0 Å². The zero-order valence-corrected chi connectivity index (χ0v) is 21.2. The Kier molecular flexibility index (Phi) is 57.7. The van der Waals surface area contributed by atoms with Crippen LogP contribution < -0.4 is 0 Å². The number of rotatable bonds is 6. The van der Waals surface area contributed by atoms with Crippen molar-refractivity contribution in [1.82, 2.24) is 0 Å². The number of Topliss-reactive ketones (excluding diaryl/α,β-unsaturated/α-hetero) is 2. The van der Waals surface area contributed by atoms with Crippen LogP contribution in [0.4, 0.5) is 0 Å². The second-order valence-corrected chi connectivity index (χ2v) is 3.19. The Morgan fingerprint density at radius 3 is 0.857 bits per heavy atom. The number of carboxylic acid groups (broad SMARTS) is 2. The molecule has 0 unspecified atom stereocenters. The van der Waals surface area contributed by atoms with Gasteiger partial charge in [-0.05, 0) is 13.8 Å². The number of carbonyl (C=O) groups is 4. The topological polar surface area (TPSA) is 166 Å². The van der Waals surface area contributed by atoms with Gasteiger partial charge in [0.25, 0.3) is 0 Å². The van der Waals surface area contributed by atoms with E-state index in [4.69, 9.17) is 10.2 Å². The van der Waals surface area contributed by atoms with Crippen molar-refractivity contribution in [1.29, 1.82) is 0 Å². The van der Waals surface area contributed by atoms with Crippen LogP contribution in [0.15, 0.2) is 0 Å². The maximum atomic E-state index is 10.1. The van der Waals surface area contributed by atoms with E-state index in [2.05, 4.69) is 0 Å². The molecule has 0 aromatic heterocycles. The van der Waals surface area contributed by atoms with E-state index in [0.717, 1.165) is 0 Å². The van der Waals surface area contributed by atoms with Gasteiger partial charge in [0.05, 0.1) is 12.8 Å². The number of ketones is 2. The molecule has 0 radical (unpaired) electrons. The second kappa shape index (κ2) is 28.3. The fourth-order valence-electron chi connectivity index (χ4n) is 0.566. The fourth-order valence-corrected chi connectivity index (χ4v) is 0.566. The second-order valence-electron chi connectivity index (χ2n) is 3.19. The first kappa shape index (κ1) is 42.9. The summed E-state index contributed by atoms with van der Waals surface area (Å²) < 4.78 is 0. The Morgan fingerprint density at radius 1 is 0.619 bits per heavy atom. The molecule has 0 saturated heterocycles. The van der Waals surface area contributed by atoms with Crippen molar-refractivity contribution in [3.63, 3.8) is 0 Å². The van der Waals surface area contributed by atoms with Crippen molar-refractivity contribution in [2.24, 2.45) is 0 Å². The van der Waals surface area contributed by atoms with Crippen LogP contribution in [0.25, 0.3) is 0 Å². The van der Waals surface area contributed by atoms with Gasteiger partial charge in [0.2, 0.25) is 0 Å². The van der Waals surface area contributed by atoms with Crippen LogP contribution in [0.2, 0.25) is 0 Å². The molecule has 0 saturated carbocycles. The largest absolute Gasteiger partial charge is 2.00 e. The predicted octanol–water partition coefficient (Wildman–Crippen LogP) is 0.635. The van der Waals surface area contributed by atoms with E-state index in [1.165, 1.54) is 13.8 Å². The molecule has 11 heteroatoms. The molecule has 0 heterocycles. The van der Waals surface area contributed by atoms with Gasteiger partial charge in [-0.15, -0.1) is 0 Å². The summed E-state index contributed by atoms with van der Waals surface area (Å²) in [6.07, 6.45) is 0.204. The molecule has 0 rings (SSSR count). The maximum Gasteiger partial charge on any atom is 2.00 e. The molecular formula is C10H16O8Zn3+2. The minimum atomic E-state index is -0.916. The Labute approximate surface area is 161 Å². The molecule has 0 aliphatic carbocycles. The first-order chi connectivity index (χ1) is 7.25.